The molecule has 12 heteroatoms. The topological polar surface area (TPSA) is 96.2 Å². The van der Waals surface area contributed by atoms with Crippen LogP contribution in [-0.2, 0) is 19.1 Å². The van der Waals surface area contributed by atoms with Gasteiger partial charge in [-0.25, -0.2) is 19.0 Å². The number of ether oxygens (including phenoxy) is 3. The van der Waals surface area contributed by atoms with E-state index in [2.05, 4.69) is 45.2 Å². The first-order valence-electron chi connectivity index (χ1n) is 13.5. The highest BCUT2D eigenvalue weighted by molar-refractivity contribution is 14.1. The van der Waals surface area contributed by atoms with Gasteiger partial charge in [-0.3, -0.25) is 9.36 Å². The first kappa shape index (κ1) is 32.0. The Morgan fingerprint density at radius 1 is 1.00 bits per heavy atom. The molecule has 0 N–H and O–H groups in total. The van der Waals surface area contributed by atoms with Crippen molar-refractivity contribution in [2.24, 2.45) is 4.99 Å². The van der Waals surface area contributed by atoms with E-state index >= 15 is 0 Å². The fourth-order valence-corrected chi connectivity index (χ4v) is 7.82. The minimum absolute atomic E-state index is 0.127. The molecule has 8 nitrogen and oxygen atoms in total. The van der Waals surface area contributed by atoms with E-state index in [-0.39, 0.29) is 31.0 Å². The third kappa shape index (κ3) is 6.81. The zero-order valence-electron chi connectivity index (χ0n) is 23.5. The van der Waals surface area contributed by atoms with Crippen LogP contribution in [0.2, 0.25) is 0 Å². The summed E-state index contributed by atoms with van der Waals surface area (Å²) >= 11 is 5.43. The Morgan fingerprint density at radius 3 is 2.30 bits per heavy atom. The van der Waals surface area contributed by atoms with Crippen LogP contribution in [0.1, 0.15) is 36.6 Å². The quantitative estimate of drug-likeness (QED) is 0.170. The molecule has 0 saturated carbocycles. The maximum Gasteiger partial charge on any atom is 0.344 e. The monoisotopic (exact) mass is 838 g/mol. The Bertz CT molecular complexity index is 1910. The average molecular weight is 838 g/mol. The van der Waals surface area contributed by atoms with Crippen molar-refractivity contribution in [3.8, 4) is 5.75 Å². The number of thiazole rings is 1. The van der Waals surface area contributed by atoms with Gasteiger partial charge in [0.2, 0.25) is 0 Å². The van der Waals surface area contributed by atoms with Crippen LogP contribution in [0.4, 0.5) is 4.39 Å². The van der Waals surface area contributed by atoms with Crippen LogP contribution in [0.5, 0.6) is 5.75 Å². The van der Waals surface area contributed by atoms with Gasteiger partial charge in [0.05, 0.1) is 42.2 Å². The molecule has 1 aliphatic rings. The van der Waals surface area contributed by atoms with E-state index in [1.54, 1.807) is 32.1 Å². The second-order valence-corrected chi connectivity index (χ2v) is 12.7. The predicted octanol–water partition coefficient (Wildman–Crippen LogP) is 5.23. The van der Waals surface area contributed by atoms with Crippen molar-refractivity contribution in [3.05, 3.63) is 122 Å². The van der Waals surface area contributed by atoms with Crippen LogP contribution >= 0.6 is 56.5 Å². The zero-order chi connectivity index (χ0) is 31.4. The normalized spacial score (nSPS) is 14.6. The summed E-state index contributed by atoms with van der Waals surface area (Å²) < 4.78 is 33.4. The molecule has 226 valence electrons. The summed E-state index contributed by atoms with van der Waals surface area (Å²) in [7, 11) is 0. The van der Waals surface area contributed by atoms with Crippen LogP contribution in [0.15, 0.2) is 82.1 Å². The number of esters is 2. The van der Waals surface area contributed by atoms with Gasteiger partial charge in [-0.2, -0.15) is 0 Å². The van der Waals surface area contributed by atoms with Gasteiger partial charge in [0.1, 0.15) is 11.6 Å². The minimum atomic E-state index is -0.901. The number of fused-ring (bicyclic) bond motifs is 1. The molecule has 0 aliphatic carbocycles. The molecule has 0 amide bonds. The van der Waals surface area contributed by atoms with Gasteiger partial charge in [0.25, 0.3) is 5.56 Å². The molecule has 44 heavy (non-hydrogen) atoms. The second-order valence-electron chi connectivity index (χ2n) is 9.39. The lowest BCUT2D eigenvalue weighted by molar-refractivity contribution is -0.145. The summed E-state index contributed by atoms with van der Waals surface area (Å²) in [6, 6.07) is 17.7. The third-order valence-corrected chi connectivity index (χ3v) is 9.10. The molecule has 5 rings (SSSR count). The average Bonchev–Trinajstić information content (AvgIpc) is 3.31. The van der Waals surface area contributed by atoms with Crippen molar-refractivity contribution in [2.75, 3.05) is 19.8 Å². The fraction of sp³-hybridized carbons (Fsp3) is 0.188. The molecule has 2 heterocycles. The smallest absolute Gasteiger partial charge is 0.344 e. The molecule has 3 aromatic carbocycles. The maximum atomic E-state index is 14.1. The molecule has 1 aliphatic heterocycles. The summed E-state index contributed by atoms with van der Waals surface area (Å²) in [6.07, 6.45) is 1.75. The Balaban J connectivity index is 1.68. The van der Waals surface area contributed by atoms with Crippen molar-refractivity contribution in [2.45, 2.75) is 19.9 Å². The third-order valence-electron chi connectivity index (χ3n) is 6.52. The molecular weight excluding hydrogens is 813 g/mol. The van der Waals surface area contributed by atoms with Crippen molar-refractivity contribution < 1.29 is 28.2 Å². The molecule has 1 aromatic heterocycles. The lowest BCUT2D eigenvalue weighted by Gasteiger charge is -2.25. The number of hydrogen-bond donors (Lipinski definition) is 0. The van der Waals surface area contributed by atoms with Gasteiger partial charge >= 0.3 is 11.9 Å². The SMILES string of the molecule is CCOC(=O)COc1c(I)cc(/C=c2\sc3n(c2=O)[C@H](c2ccc(F)cc2)C(C(=O)OCC)=C(c2ccccc2)N=3)cc1I. The van der Waals surface area contributed by atoms with Crippen LogP contribution < -0.4 is 19.6 Å². The van der Waals surface area contributed by atoms with Crippen molar-refractivity contribution >= 4 is 80.2 Å². The summed E-state index contributed by atoms with van der Waals surface area (Å²) in [5.74, 6) is -0.968. The predicted molar refractivity (Wildman–Crippen MR) is 181 cm³/mol. The van der Waals surface area contributed by atoms with Gasteiger partial charge in [-0.05, 0) is 100 Å². The Morgan fingerprint density at radius 2 is 1.66 bits per heavy atom. The van der Waals surface area contributed by atoms with Crippen LogP contribution in [0.25, 0.3) is 11.8 Å². The van der Waals surface area contributed by atoms with E-state index in [4.69, 9.17) is 19.2 Å². The number of nitrogens with zero attached hydrogens (tertiary/aromatic N) is 2. The Kier molecular flexibility index (Phi) is 10.3. The molecule has 0 saturated heterocycles. The van der Waals surface area contributed by atoms with Gasteiger partial charge < -0.3 is 14.2 Å². The van der Waals surface area contributed by atoms with Gasteiger partial charge in [-0.1, -0.05) is 53.8 Å². The standard InChI is InChI=1S/C32H25FI2N2O6S/c1-3-41-25(38)17-43-29-22(34)14-18(15-23(29)35)16-24-30(39)37-28(20-10-12-21(33)13-11-20)26(31(40)42-4-2)27(36-32(37)44-24)19-8-6-5-7-9-19/h5-16,28H,3-4,17H2,1-2H3/b24-16-/t28-/m1/s1. The number of hydrogen-bond acceptors (Lipinski definition) is 8. The zero-order valence-corrected chi connectivity index (χ0v) is 28.6. The van der Waals surface area contributed by atoms with E-state index in [1.165, 1.54) is 28.0 Å². The fourth-order valence-electron chi connectivity index (χ4n) is 4.69. The van der Waals surface area contributed by atoms with E-state index in [0.29, 0.717) is 31.9 Å². The van der Waals surface area contributed by atoms with Crippen molar-refractivity contribution in [1.29, 1.82) is 0 Å². The highest BCUT2D eigenvalue weighted by Gasteiger charge is 2.35. The summed E-state index contributed by atoms with van der Waals surface area (Å²) in [5, 5.41) is 0. The first-order chi connectivity index (χ1) is 21.2. The Labute approximate surface area is 283 Å². The molecular formula is C32H25FI2N2O6S. The van der Waals surface area contributed by atoms with Crippen molar-refractivity contribution in [3.63, 3.8) is 0 Å². The van der Waals surface area contributed by atoms with Gasteiger partial charge in [0.15, 0.2) is 11.4 Å². The van der Waals surface area contributed by atoms with Crippen LogP contribution in [0, 0.1) is 13.0 Å². The highest BCUT2D eigenvalue weighted by atomic mass is 127. The second kappa shape index (κ2) is 14.2. The molecule has 0 bridgehead atoms. The number of carbonyl (C=O) groups is 2. The number of rotatable bonds is 9. The molecule has 0 unspecified atom stereocenters. The summed E-state index contributed by atoms with van der Waals surface area (Å²) in [5.41, 5.74) is 2.18. The van der Waals surface area contributed by atoms with E-state index < -0.39 is 23.8 Å². The maximum absolute atomic E-state index is 14.1. The number of aromatic nitrogens is 1. The van der Waals surface area contributed by atoms with Gasteiger partial charge in [-0.15, -0.1) is 0 Å². The molecule has 1 atom stereocenters. The lowest BCUT2D eigenvalue weighted by Crippen LogP contribution is -2.40. The number of carbonyl (C=O) groups excluding carboxylic acids is 2. The van der Waals surface area contributed by atoms with E-state index in [9.17, 15) is 18.8 Å². The van der Waals surface area contributed by atoms with E-state index in [1.807, 2.05) is 42.5 Å². The van der Waals surface area contributed by atoms with Crippen LogP contribution in [-0.4, -0.2) is 36.3 Å². The lowest BCUT2D eigenvalue weighted by atomic mass is 9.93. The first-order valence-corrected chi connectivity index (χ1v) is 16.5. The van der Waals surface area contributed by atoms with E-state index in [0.717, 1.165) is 12.7 Å². The summed E-state index contributed by atoms with van der Waals surface area (Å²) in [4.78, 5) is 44.6. The minimum Gasteiger partial charge on any atom is -0.480 e. The number of benzene rings is 3. The molecule has 0 radical (unpaired) electrons. The molecule has 4 aromatic rings. The summed E-state index contributed by atoms with van der Waals surface area (Å²) in [6.45, 7) is 3.61. The largest absolute Gasteiger partial charge is 0.480 e. The highest BCUT2D eigenvalue weighted by Crippen LogP contribution is 2.35. The van der Waals surface area contributed by atoms with Crippen molar-refractivity contribution in [1.82, 2.24) is 4.57 Å². The molecule has 0 spiro atoms. The van der Waals surface area contributed by atoms with Crippen LogP contribution in [0.3, 0.4) is 0 Å². The number of halogens is 3. The molecule has 0 fully saturated rings. The Hall–Kier alpha value is -3.37. The van der Waals surface area contributed by atoms with Gasteiger partial charge in [0, 0.05) is 5.56 Å².